The molecule has 0 saturated carbocycles. The number of nitrogens with zero attached hydrogens (tertiary/aromatic N) is 2. The van der Waals surface area contributed by atoms with Crippen molar-refractivity contribution in [3.63, 3.8) is 0 Å². The van der Waals surface area contributed by atoms with Crippen molar-refractivity contribution in [2.24, 2.45) is 0 Å². The number of aliphatic hydroxyl groups is 1. The van der Waals surface area contributed by atoms with E-state index in [1.165, 1.54) is 30.6 Å². The second-order valence-corrected chi connectivity index (χ2v) is 14.1. The van der Waals surface area contributed by atoms with E-state index in [1.807, 2.05) is 0 Å². The Kier molecular flexibility index (Phi) is 8.57. The monoisotopic (exact) mass is 609 g/mol. The van der Waals surface area contributed by atoms with Gasteiger partial charge in [-0.2, -0.15) is 9.40 Å². The van der Waals surface area contributed by atoms with Crippen LogP contribution in [0.2, 0.25) is 0 Å². The molecule has 0 bridgehead atoms. The second kappa shape index (κ2) is 11.8. The van der Waals surface area contributed by atoms with Gasteiger partial charge >= 0.3 is 0 Å². The normalized spacial score (nSPS) is 20.4. The van der Waals surface area contributed by atoms with E-state index < -0.39 is 31.8 Å². The summed E-state index contributed by atoms with van der Waals surface area (Å²) in [6.45, 7) is 1.33. The number of H-pyrrole nitrogens is 1. The Morgan fingerprint density at radius 2 is 2.00 bits per heavy atom. The van der Waals surface area contributed by atoms with Crippen molar-refractivity contribution in [1.29, 1.82) is 0 Å². The molecule has 2 aliphatic rings. The van der Waals surface area contributed by atoms with E-state index >= 15 is 0 Å². The summed E-state index contributed by atoms with van der Waals surface area (Å²) < 4.78 is 72.0. The number of methoxy groups -OCH3 is 1. The standard InChI is InChI=1S/C26H35N5O8S2/c1-27-40(33,34)21-5-3-4-20(12-21)38-17-19(32)14-28-18-13-26(39-16-18)8-10-31(11-9-26)41(35,36)24-7-6-23-22(15-29-30-23)25(24)37-2/h3-7,12,15,18-19,27-28,32H,8-11,13-14,16-17H2,1-2H3,(H,29,30)/t18-,19+/m1/s1. The number of rotatable bonds is 11. The third-order valence-corrected chi connectivity index (χ3v) is 11.0. The van der Waals surface area contributed by atoms with Gasteiger partial charge in [0.25, 0.3) is 0 Å². The largest absolute Gasteiger partial charge is 0.495 e. The van der Waals surface area contributed by atoms with Gasteiger partial charge in [0.05, 0.1) is 41.3 Å². The Balaban J connectivity index is 1.11. The van der Waals surface area contributed by atoms with Gasteiger partial charge in [0.2, 0.25) is 20.0 Å². The summed E-state index contributed by atoms with van der Waals surface area (Å²) in [6.07, 6.45) is 2.53. The van der Waals surface area contributed by atoms with Gasteiger partial charge in [-0.15, -0.1) is 0 Å². The van der Waals surface area contributed by atoms with Gasteiger partial charge in [-0.05, 0) is 50.6 Å². The second-order valence-electron chi connectivity index (χ2n) is 10.3. The fourth-order valence-corrected chi connectivity index (χ4v) is 7.76. The first-order chi connectivity index (χ1) is 19.6. The summed E-state index contributed by atoms with van der Waals surface area (Å²) in [5.41, 5.74) is 0.269. The minimum absolute atomic E-state index is 0.000462. The van der Waals surface area contributed by atoms with Gasteiger partial charge < -0.3 is 24.6 Å². The summed E-state index contributed by atoms with van der Waals surface area (Å²) in [6, 6.07) is 9.29. The lowest BCUT2D eigenvalue weighted by Crippen LogP contribution is -2.47. The maximum Gasteiger partial charge on any atom is 0.246 e. The maximum absolute atomic E-state index is 13.5. The molecule has 41 heavy (non-hydrogen) atoms. The first-order valence-corrected chi connectivity index (χ1v) is 16.2. The lowest BCUT2D eigenvalue weighted by Gasteiger charge is -2.38. The van der Waals surface area contributed by atoms with Crippen LogP contribution in [0.5, 0.6) is 11.5 Å². The molecular formula is C26H35N5O8S2. The highest BCUT2D eigenvalue weighted by Gasteiger charge is 2.45. The fraction of sp³-hybridized carbons (Fsp3) is 0.500. The molecule has 5 rings (SSSR count). The third-order valence-electron chi connectivity index (χ3n) is 7.67. The highest BCUT2D eigenvalue weighted by atomic mass is 32.2. The van der Waals surface area contributed by atoms with Crippen LogP contribution in [0.1, 0.15) is 19.3 Å². The van der Waals surface area contributed by atoms with Crippen LogP contribution in [0.15, 0.2) is 52.4 Å². The van der Waals surface area contributed by atoms with E-state index in [1.54, 1.807) is 30.5 Å². The van der Waals surface area contributed by atoms with Crippen LogP contribution >= 0.6 is 0 Å². The van der Waals surface area contributed by atoms with Crippen molar-refractivity contribution in [2.45, 2.75) is 46.8 Å². The van der Waals surface area contributed by atoms with Crippen LogP contribution in [0.25, 0.3) is 10.9 Å². The number of sulfonamides is 2. The number of aromatic amines is 1. The Morgan fingerprint density at radius 1 is 1.22 bits per heavy atom. The number of hydrogen-bond acceptors (Lipinski definition) is 10. The molecule has 2 fully saturated rings. The zero-order chi connectivity index (χ0) is 29.3. The highest BCUT2D eigenvalue weighted by molar-refractivity contribution is 7.89. The highest BCUT2D eigenvalue weighted by Crippen LogP contribution is 2.39. The number of aliphatic hydroxyl groups excluding tert-OH is 1. The molecule has 4 N–H and O–H groups in total. The summed E-state index contributed by atoms with van der Waals surface area (Å²) >= 11 is 0. The molecule has 1 spiro atoms. The zero-order valence-corrected chi connectivity index (χ0v) is 24.5. The number of ether oxygens (including phenoxy) is 3. The average molecular weight is 610 g/mol. The molecule has 15 heteroatoms. The number of hydrogen-bond donors (Lipinski definition) is 4. The molecular weight excluding hydrogens is 574 g/mol. The molecule has 224 valence electrons. The number of aromatic nitrogens is 2. The summed E-state index contributed by atoms with van der Waals surface area (Å²) in [5.74, 6) is 0.615. The summed E-state index contributed by atoms with van der Waals surface area (Å²) in [7, 11) is -4.60. The molecule has 2 saturated heterocycles. The van der Waals surface area contributed by atoms with Gasteiger partial charge in [0, 0.05) is 31.7 Å². The molecule has 2 aromatic carbocycles. The van der Waals surface area contributed by atoms with E-state index in [9.17, 15) is 21.9 Å². The minimum Gasteiger partial charge on any atom is -0.495 e. The molecule has 2 atom stereocenters. The summed E-state index contributed by atoms with van der Waals surface area (Å²) in [4.78, 5) is 0.193. The summed E-state index contributed by atoms with van der Waals surface area (Å²) in [5, 5.41) is 21.2. The van der Waals surface area contributed by atoms with E-state index in [4.69, 9.17) is 14.2 Å². The van der Waals surface area contributed by atoms with E-state index in [-0.39, 0.29) is 34.7 Å². The number of nitrogens with one attached hydrogen (secondary N) is 3. The first kappa shape index (κ1) is 29.7. The van der Waals surface area contributed by atoms with Gasteiger partial charge in [-0.25, -0.2) is 21.6 Å². The molecule has 0 unspecified atom stereocenters. The molecule has 2 aliphatic heterocycles. The average Bonchev–Trinajstić information content (AvgIpc) is 3.62. The lowest BCUT2D eigenvalue weighted by atomic mass is 9.88. The van der Waals surface area contributed by atoms with Gasteiger partial charge in [-0.1, -0.05) is 6.07 Å². The van der Waals surface area contributed by atoms with Crippen molar-refractivity contribution in [3.8, 4) is 11.5 Å². The van der Waals surface area contributed by atoms with Crippen molar-refractivity contribution in [3.05, 3.63) is 42.6 Å². The van der Waals surface area contributed by atoms with Crippen molar-refractivity contribution in [2.75, 3.05) is 47.0 Å². The predicted molar refractivity (Wildman–Crippen MR) is 150 cm³/mol. The third kappa shape index (κ3) is 6.21. The Hall–Kier alpha value is -2.79. The van der Waals surface area contributed by atoms with Gasteiger partial charge in [0.1, 0.15) is 29.1 Å². The van der Waals surface area contributed by atoms with Crippen LogP contribution in [0, 0.1) is 0 Å². The molecule has 3 aromatic rings. The first-order valence-electron chi connectivity index (χ1n) is 13.3. The van der Waals surface area contributed by atoms with Crippen LogP contribution in [-0.4, -0.2) is 101 Å². The van der Waals surface area contributed by atoms with Crippen LogP contribution < -0.4 is 19.5 Å². The predicted octanol–water partition coefficient (Wildman–Crippen LogP) is 0.821. The Bertz CT molecular complexity index is 1590. The topological polar surface area (TPSA) is 172 Å². The molecule has 1 aromatic heterocycles. The molecule has 3 heterocycles. The zero-order valence-electron chi connectivity index (χ0n) is 22.9. The lowest BCUT2D eigenvalue weighted by molar-refractivity contribution is -0.0312. The number of benzene rings is 2. The van der Waals surface area contributed by atoms with Crippen LogP contribution in [0.4, 0.5) is 0 Å². The quantitative estimate of drug-likeness (QED) is 0.244. The number of fused-ring (bicyclic) bond motifs is 1. The smallest absolute Gasteiger partial charge is 0.246 e. The fourth-order valence-electron chi connectivity index (χ4n) is 5.39. The van der Waals surface area contributed by atoms with E-state index in [0.29, 0.717) is 55.6 Å². The molecule has 0 radical (unpaired) electrons. The van der Waals surface area contributed by atoms with Crippen molar-refractivity contribution < 1.29 is 36.2 Å². The van der Waals surface area contributed by atoms with Crippen LogP contribution in [0.3, 0.4) is 0 Å². The minimum atomic E-state index is -3.79. The molecule has 0 aliphatic carbocycles. The maximum atomic E-state index is 13.5. The van der Waals surface area contributed by atoms with E-state index in [2.05, 4.69) is 20.2 Å². The molecule has 0 amide bonds. The van der Waals surface area contributed by atoms with E-state index in [0.717, 1.165) is 0 Å². The number of piperidine rings is 1. The molecule has 13 nitrogen and oxygen atoms in total. The van der Waals surface area contributed by atoms with Crippen LogP contribution in [-0.2, 0) is 24.8 Å². The van der Waals surface area contributed by atoms with Gasteiger partial charge in [0.15, 0.2) is 0 Å². The SMILES string of the molecule is CNS(=O)(=O)c1cccc(OC[C@@H](O)CN[C@H]2COC3(CCN(S(=O)(=O)c4ccc5[nH]ncc5c4OC)CC3)C2)c1. The van der Waals surface area contributed by atoms with Crippen molar-refractivity contribution in [1.82, 2.24) is 24.5 Å². The Labute approximate surface area is 239 Å². The van der Waals surface area contributed by atoms with Gasteiger partial charge in [-0.3, -0.25) is 5.10 Å². The Morgan fingerprint density at radius 3 is 2.73 bits per heavy atom. The van der Waals surface area contributed by atoms with Crippen molar-refractivity contribution >= 4 is 30.9 Å².